The Labute approximate surface area is 197 Å². The predicted molar refractivity (Wildman–Crippen MR) is 133 cm³/mol. The highest BCUT2D eigenvalue weighted by Gasteiger charge is 2.51. The first kappa shape index (κ1) is 19.2. The summed E-state index contributed by atoms with van der Waals surface area (Å²) in [5.74, 6) is -0.451. The molecular weight excluding hydrogens is 419 g/mol. The van der Waals surface area contributed by atoms with Gasteiger partial charge in [-0.25, -0.2) is 4.39 Å². The molecule has 160 valence electrons. The molecule has 0 aliphatic heterocycles. The fourth-order valence-corrected chi connectivity index (χ4v) is 6.00. The molecule has 0 atom stereocenters. The van der Waals surface area contributed by atoms with Crippen LogP contribution in [0.1, 0.15) is 38.2 Å². The van der Waals surface area contributed by atoms with E-state index in [2.05, 4.69) is 84.9 Å². The monoisotopic (exact) mass is 438 g/mol. The van der Waals surface area contributed by atoms with Gasteiger partial charge in [0.05, 0.1) is 5.41 Å². The van der Waals surface area contributed by atoms with Crippen LogP contribution in [0.3, 0.4) is 0 Å². The summed E-state index contributed by atoms with van der Waals surface area (Å²) in [6, 6.07) is 37.6. The minimum absolute atomic E-state index is 0.103. The fourth-order valence-electron chi connectivity index (χ4n) is 6.00. The highest BCUT2D eigenvalue weighted by Crippen LogP contribution is 2.62. The third kappa shape index (κ3) is 2.35. The largest absolute Gasteiger partial charge is 0.289 e. The molecule has 2 aliphatic carbocycles. The summed E-state index contributed by atoms with van der Waals surface area (Å²) in [6.07, 6.45) is 0. The summed E-state index contributed by atoms with van der Waals surface area (Å²) in [5, 5.41) is 0. The molecule has 0 fully saturated rings. The maximum atomic E-state index is 13.5. The summed E-state index contributed by atoms with van der Waals surface area (Å²) in [6.45, 7) is 0. The Kier molecular flexibility index (Phi) is 3.87. The lowest BCUT2D eigenvalue weighted by Gasteiger charge is -2.30. The number of rotatable bonds is 2. The second-order valence-electron chi connectivity index (χ2n) is 8.98. The second kappa shape index (κ2) is 6.85. The van der Waals surface area contributed by atoms with E-state index in [1.807, 2.05) is 6.07 Å². The van der Waals surface area contributed by atoms with E-state index >= 15 is 0 Å². The van der Waals surface area contributed by atoms with E-state index in [9.17, 15) is 9.18 Å². The lowest BCUT2D eigenvalue weighted by molar-refractivity contribution is 0.103. The van der Waals surface area contributed by atoms with Gasteiger partial charge in [-0.2, -0.15) is 0 Å². The van der Waals surface area contributed by atoms with Gasteiger partial charge in [0, 0.05) is 11.1 Å². The van der Waals surface area contributed by atoms with E-state index in [0.29, 0.717) is 11.1 Å². The van der Waals surface area contributed by atoms with Gasteiger partial charge >= 0.3 is 0 Å². The van der Waals surface area contributed by atoms with E-state index in [0.717, 1.165) is 11.1 Å². The minimum atomic E-state index is -0.474. The Morgan fingerprint density at radius 1 is 0.500 bits per heavy atom. The first-order valence-electron chi connectivity index (χ1n) is 11.4. The number of ketones is 1. The molecule has 0 aromatic heterocycles. The first-order valence-corrected chi connectivity index (χ1v) is 11.4. The van der Waals surface area contributed by atoms with Crippen molar-refractivity contribution in [1.29, 1.82) is 0 Å². The lowest BCUT2D eigenvalue weighted by Crippen LogP contribution is -2.26. The highest BCUT2D eigenvalue weighted by atomic mass is 19.1. The van der Waals surface area contributed by atoms with E-state index in [-0.39, 0.29) is 11.6 Å². The SMILES string of the molecule is O=C(c1ccc(F)cc1)c1ccc2c(c1)C1(c3ccccc3-c3ccccc31)c1ccccc1-2. The van der Waals surface area contributed by atoms with Crippen molar-refractivity contribution >= 4 is 5.78 Å². The average Bonchev–Trinajstić information content (AvgIpc) is 3.36. The van der Waals surface area contributed by atoms with Crippen LogP contribution in [-0.2, 0) is 5.41 Å². The Morgan fingerprint density at radius 2 is 0.941 bits per heavy atom. The molecule has 0 amide bonds. The topological polar surface area (TPSA) is 17.1 Å². The zero-order valence-corrected chi connectivity index (χ0v) is 18.3. The van der Waals surface area contributed by atoms with E-state index < -0.39 is 5.41 Å². The summed E-state index contributed by atoms with van der Waals surface area (Å²) in [4.78, 5) is 13.4. The Hall–Kier alpha value is -4.30. The molecule has 34 heavy (non-hydrogen) atoms. The standard InChI is InChI=1S/C32H19FO/c33-22-16-13-20(14-17-22)31(34)21-15-18-26-25-9-3-6-12-29(25)32(30(26)19-21)27-10-4-1-7-23(27)24-8-2-5-11-28(24)32/h1-19H. The molecule has 5 aromatic rings. The molecule has 0 saturated heterocycles. The van der Waals surface area contributed by atoms with Crippen LogP contribution in [-0.4, -0.2) is 5.78 Å². The third-order valence-corrected chi connectivity index (χ3v) is 7.37. The molecule has 1 nitrogen and oxygen atoms in total. The third-order valence-electron chi connectivity index (χ3n) is 7.37. The van der Waals surface area contributed by atoms with Crippen molar-refractivity contribution in [2.24, 2.45) is 0 Å². The van der Waals surface area contributed by atoms with Crippen LogP contribution >= 0.6 is 0 Å². The maximum Gasteiger partial charge on any atom is 0.193 e. The van der Waals surface area contributed by atoms with Crippen molar-refractivity contribution in [3.05, 3.63) is 154 Å². The van der Waals surface area contributed by atoms with Gasteiger partial charge in [-0.15, -0.1) is 0 Å². The van der Waals surface area contributed by atoms with Gasteiger partial charge in [0.15, 0.2) is 5.78 Å². The number of fused-ring (bicyclic) bond motifs is 10. The van der Waals surface area contributed by atoms with Crippen LogP contribution in [0.5, 0.6) is 0 Å². The summed E-state index contributed by atoms with van der Waals surface area (Å²) >= 11 is 0. The van der Waals surface area contributed by atoms with Crippen molar-refractivity contribution in [1.82, 2.24) is 0 Å². The number of benzene rings is 5. The normalized spacial score (nSPS) is 13.8. The van der Waals surface area contributed by atoms with Crippen LogP contribution < -0.4 is 0 Å². The first-order chi connectivity index (χ1) is 16.7. The van der Waals surface area contributed by atoms with Gasteiger partial charge in [-0.3, -0.25) is 4.79 Å². The molecule has 1 spiro atoms. The van der Waals surface area contributed by atoms with E-state index in [1.54, 1.807) is 12.1 Å². The van der Waals surface area contributed by atoms with Crippen LogP contribution in [0.4, 0.5) is 4.39 Å². The molecule has 0 saturated carbocycles. The number of hydrogen-bond acceptors (Lipinski definition) is 1. The van der Waals surface area contributed by atoms with Crippen molar-refractivity contribution in [3.63, 3.8) is 0 Å². The zero-order chi connectivity index (χ0) is 22.9. The van der Waals surface area contributed by atoms with Crippen LogP contribution in [0.2, 0.25) is 0 Å². The predicted octanol–water partition coefficient (Wildman–Crippen LogP) is 7.40. The Bertz CT molecular complexity index is 1560. The van der Waals surface area contributed by atoms with Gasteiger partial charge in [-0.1, -0.05) is 84.9 Å². The molecule has 0 radical (unpaired) electrons. The second-order valence-corrected chi connectivity index (χ2v) is 8.98. The zero-order valence-electron chi connectivity index (χ0n) is 18.3. The maximum absolute atomic E-state index is 13.5. The summed E-state index contributed by atoms with van der Waals surface area (Å²) in [7, 11) is 0. The Balaban J connectivity index is 1.55. The van der Waals surface area contributed by atoms with Crippen LogP contribution in [0, 0.1) is 5.82 Å². The van der Waals surface area contributed by atoms with Gasteiger partial charge in [0.25, 0.3) is 0 Å². The molecule has 2 aliphatic rings. The van der Waals surface area contributed by atoms with Gasteiger partial charge in [-0.05, 0) is 74.8 Å². The summed E-state index contributed by atoms with van der Waals surface area (Å²) < 4.78 is 13.5. The van der Waals surface area contributed by atoms with Crippen molar-refractivity contribution in [2.75, 3.05) is 0 Å². The molecule has 0 heterocycles. The van der Waals surface area contributed by atoms with Crippen LogP contribution in [0.15, 0.2) is 115 Å². The number of carbonyl (C=O) groups excluding carboxylic acids is 1. The van der Waals surface area contributed by atoms with Gasteiger partial charge in [0.1, 0.15) is 5.82 Å². The van der Waals surface area contributed by atoms with Crippen LogP contribution in [0.25, 0.3) is 22.3 Å². The number of carbonyl (C=O) groups is 1. The summed E-state index contributed by atoms with van der Waals surface area (Å²) in [5.41, 5.74) is 10.3. The number of halogens is 1. The molecule has 0 bridgehead atoms. The molecular formula is C32H19FO. The highest BCUT2D eigenvalue weighted by molar-refractivity contribution is 6.10. The molecule has 7 rings (SSSR count). The minimum Gasteiger partial charge on any atom is -0.289 e. The fraction of sp³-hybridized carbons (Fsp3) is 0.0312. The van der Waals surface area contributed by atoms with Crippen molar-refractivity contribution in [3.8, 4) is 22.3 Å². The van der Waals surface area contributed by atoms with Gasteiger partial charge in [0.2, 0.25) is 0 Å². The van der Waals surface area contributed by atoms with Crippen molar-refractivity contribution in [2.45, 2.75) is 5.41 Å². The lowest BCUT2D eigenvalue weighted by atomic mass is 9.70. The van der Waals surface area contributed by atoms with Gasteiger partial charge < -0.3 is 0 Å². The molecule has 0 N–H and O–H groups in total. The Morgan fingerprint density at radius 3 is 1.47 bits per heavy atom. The average molecular weight is 439 g/mol. The van der Waals surface area contributed by atoms with E-state index in [4.69, 9.17) is 0 Å². The smallest absolute Gasteiger partial charge is 0.193 e. The molecule has 0 unspecified atom stereocenters. The quantitative estimate of drug-likeness (QED) is 0.257. The van der Waals surface area contributed by atoms with E-state index in [1.165, 1.54) is 45.5 Å². The number of hydrogen-bond donors (Lipinski definition) is 0. The molecule has 2 heteroatoms. The molecule has 5 aromatic carbocycles. The van der Waals surface area contributed by atoms with Crippen molar-refractivity contribution < 1.29 is 9.18 Å².